The molecular weight excluding hydrogens is 474 g/mol. The summed E-state index contributed by atoms with van der Waals surface area (Å²) >= 11 is 0. The highest BCUT2D eigenvalue weighted by Crippen LogP contribution is 2.22. The highest BCUT2D eigenvalue weighted by Gasteiger charge is 2.22. The molecule has 1 aromatic carbocycles. The first-order chi connectivity index (χ1) is 12.8. The van der Waals surface area contributed by atoms with Gasteiger partial charge in [0.1, 0.15) is 12.4 Å². The molecule has 1 saturated heterocycles. The van der Waals surface area contributed by atoms with Crippen molar-refractivity contribution in [1.82, 2.24) is 15.5 Å². The SMILES string of the molecule is CN(C)C(=O)CN=C(NCC1CCCO1)NCC(C)(C)c1cccc(F)c1.I. The van der Waals surface area contributed by atoms with Crippen LogP contribution in [-0.2, 0) is 14.9 Å². The van der Waals surface area contributed by atoms with Crippen LogP contribution in [0.5, 0.6) is 0 Å². The van der Waals surface area contributed by atoms with Gasteiger partial charge in [-0.25, -0.2) is 9.38 Å². The molecule has 2 rings (SSSR count). The van der Waals surface area contributed by atoms with Gasteiger partial charge in [0, 0.05) is 39.2 Å². The van der Waals surface area contributed by atoms with Crippen molar-refractivity contribution in [2.45, 2.75) is 38.2 Å². The van der Waals surface area contributed by atoms with E-state index in [9.17, 15) is 9.18 Å². The fourth-order valence-corrected chi connectivity index (χ4v) is 2.79. The molecular formula is C20H32FIN4O2. The van der Waals surface area contributed by atoms with Crippen LogP contribution in [0.4, 0.5) is 4.39 Å². The summed E-state index contributed by atoms with van der Waals surface area (Å²) in [6, 6.07) is 6.62. The molecule has 0 aliphatic carbocycles. The smallest absolute Gasteiger partial charge is 0.243 e. The maximum Gasteiger partial charge on any atom is 0.243 e. The highest BCUT2D eigenvalue weighted by atomic mass is 127. The maximum absolute atomic E-state index is 13.6. The summed E-state index contributed by atoms with van der Waals surface area (Å²) in [5.41, 5.74) is 0.595. The summed E-state index contributed by atoms with van der Waals surface area (Å²) in [7, 11) is 3.41. The van der Waals surface area contributed by atoms with Crippen molar-refractivity contribution in [3.63, 3.8) is 0 Å². The zero-order valence-corrected chi connectivity index (χ0v) is 19.5. The number of carbonyl (C=O) groups excluding carboxylic acids is 1. The topological polar surface area (TPSA) is 66.0 Å². The first-order valence-electron chi connectivity index (χ1n) is 9.38. The number of hydrogen-bond acceptors (Lipinski definition) is 3. The first kappa shape index (κ1) is 24.6. The molecule has 0 aromatic heterocycles. The average Bonchev–Trinajstić information content (AvgIpc) is 3.14. The van der Waals surface area contributed by atoms with E-state index in [-0.39, 0.29) is 53.8 Å². The number of halogens is 2. The second-order valence-corrected chi connectivity index (χ2v) is 7.72. The van der Waals surface area contributed by atoms with E-state index in [0.717, 1.165) is 25.0 Å². The van der Waals surface area contributed by atoms with E-state index in [1.807, 2.05) is 19.9 Å². The molecule has 1 fully saturated rings. The molecule has 1 amide bonds. The molecule has 1 unspecified atom stereocenters. The lowest BCUT2D eigenvalue weighted by atomic mass is 9.84. The maximum atomic E-state index is 13.6. The largest absolute Gasteiger partial charge is 0.376 e. The predicted molar refractivity (Wildman–Crippen MR) is 121 cm³/mol. The molecule has 0 radical (unpaired) electrons. The van der Waals surface area contributed by atoms with Gasteiger partial charge < -0.3 is 20.3 Å². The number of nitrogens with one attached hydrogen (secondary N) is 2. The monoisotopic (exact) mass is 506 g/mol. The van der Waals surface area contributed by atoms with E-state index in [4.69, 9.17) is 4.74 Å². The lowest BCUT2D eigenvalue weighted by molar-refractivity contribution is -0.127. The van der Waals surface area contributed by atoms with E-state index in [2.05, 4.69) is 15.6 Å². The summed E-state index contributed by atoms with van der Waals surface area (Å²) in [6.07, 6.45) is 2.25. The molecule has 0 bridgehead atoms. The van der Waals surface area contributed by atoms with Crippen molar-refractivity contribution in [3.05, 3.63) is 35.6 Å². The Kier molecular flexibility index (Phi) is 10.2. The number of likely N-dealkylation sites (N-methyl/N-ethyl adjacent to an activating group) is 1. The third-order valence-electron chi connectivity index (χ3n) is 4.70. The van der Waals surface area contributed by atoms with Crippen LogP contribution in [0.1, 0.15) is 32.3 Å². The quantitative estimate of drug-likeness (QED) is 0.339. The second kappa shape index (κ2) is 11.5. The van der Waals surface area contributed by atoms with Gasteiger partial charge in [0.15, 0.2) is 5.96 Å². The van der Waals surface area contributed by atoms with Crippen LogP contribution in [-0.4, -0.2) is 63.2 Å². The Morgan fingerprint density at radius 1 is 1.36 bits per heavy atom. The second-order valence-electron chi connectivity index (χ2n) is 7.72. The lowest BCUT2D eigenvalue weighted by Crippen LogP contribution is -2.46. The molecule has 158 valence electrons. The minimum atomic E-state index is -0.306. The van der Waals surface area contributed by atoms with E-state index in [1.54, 1.807) is 26.2 Å². The highest BCUT2D eigenvalue weighted by molar-refractivity contribution is 14.0. The summed E-state index contributed by atoms with van der Waals surface area (Å²) in [6.45, 7) is 6.12. The van der Waals surface area contributed by atoms with E-state index in [1.165, 1.54) is 11.0 Å². The van der Waals surface area contributed by atoms with E-state index >= 15 is 0 Å². The van der Waals surface area contributed by atoms with Crippen LogP contribution in [0.25, 0.3) is 0 Å². The number of ether oxygens (including phenoxy) is 1. The van der Waals surface area contributed by atoms with Crippen LogP contribution in [0, 0.1) is 5.82 Å². The molecule has 28 heavy (non-hydrogen) atoms. The Balaban J connectivity index is 0.00000392. The zero-order valence-electron chi connectivity index (χ0n) is 17.1. The third-order valence-corrected chi connectivity index (χ3v) is 4.70. The number of nitrogens with zero attached hydrogens (tertiary/aromatic N) is 2. The van der Waals surface area contributed by atoms with Crippen molar-refractivity contribution in [2.24, 2.45) is 4.99 Å². The van der Waals surface area contributed by atoms with Crippen molar-refractivity contribution in [3.8, 4) is 0 Å². The number of aliphatic imine (C=N–C) groups is 1. The predicted octanol–water partition coefficient (Wildman–Crippen LogP) is 2.52. The van der Waals surface area contributed by atoms with Crippen molar-refractivity contribution >= 4 is 35.8 Å². The molecule has 2 N–H and O–H groups in total. The van der Waals surface area contributed by atoms with Crippen LogP contribution < -0.4 is 10.6 Å². The van der Waals surface area contributed by atoms with Gasteiger partial charge in [-0.3, -0.25) is 4.79 Å². The number of carbonyl (C=O) groups is 1. The summed E-state index contributed by atoms with van der Waals surface area (Å²) in [5, 5.41) is 6.55. The Morgan fingerprint density at radius 2 is 2.11 bits per heavy atom. The molecule has 1 heterocycles. The van der Waals surface area contributed by atoms with E-state index in [0.29, 0.717) is 19.0 Å². The van der Waals surface area contributed by atoms with Gasteiger partial charge in [0.05, 0.1) is 6.10 Å². The average molecular weight is 506 g/mol. The molecule has 1 aliphatic heterocycles. The summed E-state index contributed by atoms with van der Waals surface area (Å²) in [4.78, 5) is 17.8. The zero-order chi connectivity index (χ0) is 19.9. The molecule has 6 nitrogen and oxygen atoms in total. The van der Waals surface area contributed by atoms with Gasteiger partial charge in [-0.1, -0.05) is 26.0 Å². The van der Waals surface area contributed by atoms with Gasteiger partial charge in [-0.15, -0.1) is 24.0 Å². The lowest BCUT2D eigenvalue weighted by Gasteiger charge is -2.27. The first-order valence-corrected chi connectivity index (χ1v) is 9.38. The molecule has 1 atom stereocenters. The van der Waals surface area contributed by atoms with Crippen molar-refractivity contribution in [2.75, 3.05) is 40.3 Å². The normalized spacial score (nSPS) is 17.0. The van der Waals surface area contributed by atoms with Gasteiger partial charge in [0.25, 0.3) is 0 Å². The number of benzene rings is 1. The minimum absolute atomic E-state index is 0. The fraction of sp³-hybridized carbons (Fsp3) is 0.600. The number of amides is 1. The van der Waals surface area contributed by atoms with Gasteiger partial charge >= 0.3 is 0 Å². The Bertz CT molecular complexity index is 661. The molecule has 0 saturated carbocycles. The summed E-state index contributed by atoms with van der Waals surface area (Å²) in [5.74, 6) is 0.241. The Morgan fingerprint density at radius 3 is 2.71 bits per heavy atom. The standard InChI is InChI=1S/C20H31FN4O2.HI/c1-20(2,15-7-5-8-16(21)11-15)14-24-19(23-13-18(26)25(3)4)22-12-17-9-6-10-27-17;/h5,7-8,11,17H,6,9-10,12-14H2,1-4H3,(H2,22,23,24);1H. The fourth-order valence-electron chi connectivity index (χ4n) is 2.79. The molecule has 0 spiro atoms. The number of hydrogen-bond donors (Lipinski definition) is 2. The van der Waals surface area contributed by atoms with Gasteiger partial charge in [-0.05, 0) is 30.5 Å². The van der Waals surface area contributed by atoms with Crippen LogP contribution in [0.3, 0.4) is 0 Å². The van der Waals surface area contributed by atoms with Crippen molar-refractivity contribution < 1.29 is 13.9 Å². The third kappa shape index (κ3) is 7.90. The van der Waals surface area contributed by atoms with Gasteiger partial charge in [0.2, 0.25) is 5.91 Å². The van der Waals surface area contributed by atoms with Crippen molar-refractivity contribution in [1.29, 1.82) is 0 Å². The van der Waals surface area contributed by atoms with Crippen LogP contribution in [0.2, 0.25) is 0 Å². The molecule has 1 aromatic rings. The van der Waals surface area contributed by atoms with Gasteiger partial charge in [-0.2, -0.15) is 0 Å². The molecule has 1 aliphatic rings. The minimum Gasteiger partial charge on any atom is -0.376 e. The number of guanidine groups is 1. The summed E-state index contributed by atoms with van der Waals surface area (Å²) < 4.78 is 19.2. The van der Waals surface area contributed by atoms with Crippen LogP contribution in [0.15, 0.2) is 29.3 Å². The Labute approximate surface area is 184 Å². The van der Waals surface area contributed by atoms with E-state index < -0.39 is 0 Å². The van der Waals surface area contributed by atoms with Crippen LogP contribution >= 0.6 is 24.0 Å². The number of rotatable bonds is 7. The molecule has 8 heteroatoms. The Hall–Kier alpha value is -1.42.